The summed E-state index contributed by atoms with van der Waals surface area (Å²) in [6, 6.07) is 15.6. The van der Waals surface area contributed by atoms with Gasteiger partial charge in [0.15, 0.2) is 6.61 Å². The van der Waals surface area contributed by atoms with Crippen molar-refractivity contribution in [3.05, 3.63) is 72.4 Å². The van der Waals surface area contributed by atoms with Gasteiger partial charge in [-0.15, -0.1) is 0 Å². The molecular formula is C22H24N4O2. The summed E-state index contributed by atoms with van der Waals surface area (Å²) in [6.45, 7) is 3.52. The van der Waals surface area contributed by atoms with Gasteiger partial charge in [-0.3, -0.25) is 9.36 Å². The Hall–Kier alpha value is -3.15. The van der Waals surface area contributed by atoms with Gasteiger partial charge in [-0.2, -0.15) is 0 Å². The number of para-hydroxylation sites is 1. The highest BCUT2D eigenvalue weighted by Crippen LogP contribution is 2.27. The number of hydrogen-bond acceptors (Lipinski definition) is 4. The molecule has 3 aromatic rings. The van der Waals surface area contributed by atoms with E-state index in [9.17, 15) is 4.79 Å². The van der Waals surface area contributed by atoms with E-state index in [4.69, 9.17) is 9.72 Å². The minimum absolute atomic E-state index is 0.0399. The SMILES string of the molecule is Cc1nccn1-c1cccc(C2CCN(C(=O)COc3ccccc3)CC2)n1. The summed E-state index contributed by atoms with van der Waals surface area (Å²) < 4.78 is 7.58. The monoisotopic (exact) mass is 376 g/mol. The van der Waals surface area contributed by atoms with E-state index in [1.165, 1.54) is 0 Å². The zero-order valence-electron chi connectivity index (χ0n) is 16.0. The molecule has 1 saturated heterocycles. The number of imidazole rings is 1. The highest BCUT2D eigenvalue weighted by molar-refractivity contribution is 5.77. The molecule has 2 aromatic heterocycles. The Morgan fingerprint density at radius 3 is 2.61 bits per heavy atom. The van der Waals surface area contributed by atoms with Crippen LogP contribution in [0.2, 0.25) is 0 Å². The van der Waals surface area contributed by atoms with Gasteiger partial charge in [-0.1, -0.05) is 24.3 Å². The number of piperidine rings is 1. The fourth-order valence-electron chi connectivity index (χ4n) is 3.60. The molecule has 1 aromatic carbocycles. The van der Waals surface area contributed by atoms with Gasteiger partial charge in [0.05, 0.1) is 0 Å². The third-order valence-electron chi connectivity index (χ3n) is 5.20. The Kier molecular flexibility index (Phi) is 5.37. The Morgan fingerprint density at radius 2 is 1.89 bits per heavy atom. The minimum atomic E-state index is 0.0399. The summed E-state index contributed by atoms with van der Waals surface area (Å²) in [5, 5.41) is 0. The topological polar surface area (TPSA) is 60.2 Å². The number of hydrogen-bond donors (Lipinski definition) is 0. The van der Waals surface area contributed by atoms with Crippen molar-refractivity contribution in [1.82, 2.24) is 19.4 Å². The highest BCUT2D eigenvalue weighted by Gasteiger charge is 2.25. The maximum absolute atomic E-state index is 12.4. The fourth-order valence-corrected chi connectivity index (χ4v) is 3.60. The van der Waals surface area contributed by atoms with Gasteiger partial charge < -0.3 is 9.64 Å². The number of amides is 1. The van der Waals surface area contributed by atoms with Crippen LogP contribution in [0, 0.1) is 6.92 Å². The molecule has 0 N–H and O–H groups in total. The summed E-state index contributed by atoms with van der Waals surface area (Å²) in [4.78, 5) is 23.4. The van der Waals surface area contributed by atoms with Gasteiger partial charge in [0.1, 0.15) is 17.4 Å². The van der Waals surface area contributed by atoms with E-state index < -0.39 is 0 Å². The number of carbonyl (C=O) groups excluding carboxylic acids is 1. The Morgan fingerprint density at radius 1 is 1.11 bits per heavy atom. The van der Waals surface area contributed by atoms with Crippen LogP contribution in [0.3, 0.4) is 0 Å². The molecule has 1 fully saturated rings. The molecule has 0 unspecified atom stereocenters. The first-order chi connectivity index (χ1) is 13.7. The van der Waals surface area contributed by atoms with Crippen LogP contribution in [-0.4, -0.2) is 45.0 Å². The predicted molar refractivity (Wildman–Crippen MR) is 107 cm³/mol. The molecule has 0 atom stereocenters. The number of aromatic nitrogens is 3. The van der Waals surface area contributed by atoms with Gasteiger partial charge in [0.25, 0.3) is 5.91 Å². The summed E-state index contributed by atoms with van der Waals surface area (Å²) in [5.41, 5.74) is 1.08. The second-order valence-corrected chi connectivity index (χ2v) is 7.02. The van der Waals surface area contributed by atoms with Crippen LogP contribution in [-0.2, 0) is 4.79 Å². The highest BCUT2D eigenvalue weighted by atomic mass is 16.5. The van der Waals surface area contributed by atoms with Crippen molar-refractivity contribution in [1.29, 1.82) is 0 Å². The number of ether oxygens (including phenoxy) is 1. The van der Waals surface area contributed by atoms with E-state index in [1.807, 2.05) is 65.1 Å². The Balaban J connectivity index is 1.34. The van der Waals surface area contributed by atoms with Gasteiger partial charge in [0, 0.05) is 37.1 Å². The molecule has 0 bridgehead atoms. The molecule has 28 heavy (non-hydrogen) atoms. The maximum Gasteiger partial charge on any atom is 0.260 e. The third kappa shape index (κ3) is 4.06. The molecule has 0 radical (unpaired) electrons. The molecule has 144 valence electrons. The normalized spacial score (nSPS) is 14.8. The van der Waals surface area contributed by atoms with Crippen LogP contribution in [0.25, 0.3) is 5.82 Å². The van der Waals surface area contributed by atoms with Crippen molar-refractivity contribution in [2.75, 3.05) is 19.7 Å². The summed E-state index contributed by atoms with van der Waals surface area (Å²) >= 11 is 0. The van der Waals surface area contributed by atoms with E-state index in [-0.39, 0.29) is 12.5 Å². The largest absolute Gasteiger partial charge is 0.484 e. The molecular weight excluding hydrogens is 352 g/mol. The van der Waals surface area contributed by atoms with E-state index >= 15 is 0 Å². The lowest BCUT2D eigenvalue weighted by molar-refractivity contribution is -0.134. The fraction of sp³-hybridized carbons (Fsp3) is 0.318. The average molecular weight is 376 g/mol. The van der Waals surface area contributed by atoms with E-state index in [0.29, 0.717) is 5.92 Å². The number of rotatable bonds is 5. The lowest BCUT2D eigenvalue weighted by Crippen LogP contribution is -2.40. The molecule has 1 amide bonds. The van der Waals surface area contributed by atoms with E-state index in [0.717, 1.165) is 49.0 Å². The van der Waals surface area contributed by atoms with Crippen molar-refractivity contribution >= 4 is 5.91 Å². The maximum atomic E-state index is 12.4. The second kappa shape index (κ2) is 8.25. The molecule has 6 nitrogen and oxygen atoms in total. The van der Waals surface area contributed by atoms with Crippen LogP contribution in [0.1, 0.15) is 30.3 Å². The van der Waals surface area contributed by atoms with Crippen molar-refractivity contribution < 1.29 is 9.53 Å². The quantitative estimate of drug-likeness (QED) is 0.685. The zero-order chi connectivity index (χ0) is 19.3. The van der Waals surface area contributed by atoms with Crippen molar-refractivity contribution in [2.45, 2.75) is 25.7 Å². The lowest BCUT2D eigenvalue weighted by Gasteiger charge is -2.31. The lowest BCUT2D eigenvalue weighted by atomic mass is 9.93. The van der Waals surface area contributed by atoms with Crippen LogP contribution < -0.4 is 4.74 Å². The summed E-state index contributed by atoms with van der Waals surface area (Å²) in [5.74, 6) is 2.94. The van der Waals surface area contributed by atoms with Gasteiger partial charge >= 0.3 is 0 Å². The summed E-state index contributed by atoms with van der Waals surface area (Å²) in [7, 11) is 0. The van der Waals surface area contributed by atoms with Gasteiger partial charge in [-0.25, -0.2) is 9.97 Å². The van der Waals surface area contributed by atoms with Gasteiger partial charge in [-0.05, 0) is 44.0 Å². The molecule has 0 spiro atoms. The molecule has 6 heteroatoms. The molecule has 4 rings (SSSR count). The first kappa shape index (κ1) is 18.2. The Labute approximate surface area is 164 Å². The average Bonchev–Trinajstić information content (AvgIpc) is 3.19. The number of likely N-dealkylation sites (tertiary alicyclic amines) is 1. The summed E-state index contributed by atoms with van der Waals surface area (Å²) in [6.07, 6.45) is 5.54. The second-order valence-electron chi connectivity index (χ2n) is 7.02. The number of aryl methyl sites for hydroxylation is 1. The molecule has 0 aliphatic carbocycles. The number of carbonyl (C=O) groups is 1. The minimum Gasteiger partial charge on any atom is -0.484 e. The smallest absolute Gasteiger partial charge is 0.260 e. The number of nitrogens with zero attached hydrogens (tertiary/aromatic N) is 4. The molecule has 0 saturated carbocycles. The molecule has 3 heterocycles. The van der Waals surface area contributed by atoms with Crippen LogP contribution >= 0.6 is 0 Å². The van der Waals surface area contributed by atoms with E-state index in [1.54, 1.807) is 6.20 Å². The first-order valence-corrected chi connectivity index (χ1v) is 9.63. The predicted octanol–water partition coefficient (Wildman–Crippen LogP) is 3.36. The van der Waals surface area contributed by atoms with Crippen LogP contribution in [0.5, 0.6) is 5.75 Å². The van der Waals surface area contributed by atoms with Crippen LogP contribution in [0.15, 0.2) is 60.9 Å². The zero-order valence-corrected chi connectivity index (χ0v) is 16.0. The number of benzene rings is 1. The van der Waals surface area contributed by atoms with Gasteiger partial charge in [0.2, 0.25) is 0 Å². The van der Waals surface area contributed by atoms with Crippen LogP contribution in [0.4, 0.5) is 0 Å². The molecule has 1 aliphatic rings. The molecule has 1 aliphatic heterocycles. The van der Waals surface area contributed by atoms with Crippen molar-refractivity contribution in [3.63, 3.8) is 0 Å². The van der Waals surface area contributed by atoms with Crippen molar-refractivity contribution in [3.8, 4) is 11.6 Å². The Bertz CT molecular complexity index is 930. The standard InChI is InChI=1S/C22H24N4O2/c1-17-23-12-15-26(17)21-9-5-8-20(24-21)18-10-13-25(14-11-18)22(27)16-28-19-6-3-2-4-7-19/h2-9,12,15,18H,10-11,13-14,16H2,1H3. The number of pyridine rings is 1. The van der Waals surface area contributed by atoms with E-state index in [2.05, 4.69) is 11.1 Å². The van der Waals surface area contributed by atoms with Crippen molar-refractivity contribution in [2.24, 2.45) is 0 Å². The third-order valence-corrected chi connectivity index (χ3v) is 5.20. The first-order valence-electron chi connectivity index (χ1n) is 9.63.